The Bertz CT molecular complexity index is 233. The molecule has 0 heterocycles. The van der Waals surface area contributed by atoms with Crippen molar-refractivity contribution in [1.29, 1.82) is 0 Å². The highest BCUT2D eigenvalue weighted by Crippen LogP contribution is 2.45. The van der Waals surface area contributed by atoms with E-state index in [-0.39, 0.29) is 11.3 Å². The zero-order valence-electron chi connectivity index (χ0n) is 8.22. The van der Waals surface area contributed by atoms with Crippen LogP contribution in [0.5, 0.6) is 0 Å². The highest BCUT2D eigenvalue weighted by atomic mass is 16.5. The minimum absolute atomic E-state index is 0.0506. The third-order valence-corrected chi connectivity index (χ3v) is 2.45. The lowest BCUT2D eigenvalue weighted by Gasteiger charge is -2.14. The Morgan fingerprint density at radius 3 is 2.38 bits per heavy atom. The highest BCUT2D eigenvalue weighted by Gasteiger charge is 2.45. The van der Waals surface area contributed by atoms with Gasteiger partial charge in [0.05, 0.1) is 7.11 Å². The molecule has 74 valence electrons. The van der Waals surface area contributed by atoms with Gasteiger partial charge in [-0.3, -0.25) is 4.79 Å². The Labute approximate surface area is 77.6 Å². The molecular weight excluding hydrogens is 170 g/mol. The number of ether oxygens (including phenoxy) is 1. The van der Waals surface area contributed by atoms with Gasteiger partial charge in [-0.25, -0.2) is 4.79 Å². The van der Waals surface area contributed by atoms with Crippen LogP contribution in [0, 0.1) is 5.41 Å². The molecule has 0 radical (unpaired) electrons. The van der Waals surface area contributed by atoms with Gasteiger partial charge in [0.15, 0.2) is 0 Å². The number of hydrogen-bond donors (Lipinski definition) is 1. The molecule has 0 aromatic carbocycles. The van der Waals surface area contributed by atoms with Gasteiger partial charge in [0.25, 0.3) is 0 Å². The van der Waals surface area contributed by atoms with Gasteiger partial charge in [0.1, 0.15) is 6.04 Å². The normalized spacial score (nSPS) is 20.2. The molecule has 1 atom stereocenters. The first-order valence-corrected chi connectivity index (χ1v) is 4.38. The van der Waals surface area contributed by atoms with Crippen LogP contribution < -0.4 is 5.32 Å². The molecule has 1 fully saturated rings. The Morgan fingerprint density at radius 1 is 1.46 bits per heavy atom. The maximum Gasteiger partial charge on any atom is 0.328 e. The average molecular weight is 185 g/mol. The number of nitrogens with one attached hydrogen (secondary N) is 1. The lowest BCUT2D eigenvalue weighted by Crippen LogP contribution is -2.42. The van der Waals surface area contributed by atoms with Crippen molar-refractivity contribution in [2.24, 2.45) is 5.41 Å². The molecule has 4 heteroatoms. The summed E-state index contributed by atoms with van der Waals surface area (Å²) in [6.07, 6.45) is 1.82. The number of carbonyl (C=O) groups is 2. The molecule has 0 saturated heterocycles. The van der Waals surface area contributed by atoms with E-state index in [1.807, 2.05) is 6.92 Å². The van der Waals surface area contributed by atoms with Crippen molar-refractivity contribution in [3.8, 4) is 0 Å². The van der Waals surface area contributed by atoms with Crippen molar-refractivity contribution in [2.45, 2.75) is 32.7 Å². The lowest BCUT2D eigenvalue weighted by atomic mass is 10.1. The van der Waals surface area contributed by atoms with Crippen LogP contribution in [0.15, 0.2) is 0 Å². The second-order valence-corrected chi connectivity index (χ2v) is 3.78. The van der Waals surface area contributed by atoms with E-state index in [0.29, 0.717) is 0 Å². The molecule has 0 aliphatic heterocycles. The van der Waals surface area contributed by atoms with Crippen LogP contribution in [0.3, 0.4) is 0 Å². The van der Waals surface area contributed by atoms with Gasteiger partial charge >= 0.3 is 5.97 Å². The predicted octanol–water partition coefficient (Wildman–Crippen LogP) is 0.464. The fraction of sp³-hybridized carbons (Fsp3) is 0.778. The lowest BCUT2D eigenvalue weighted by molar-refractivity contribution is -0.145. The molecule has 1 amide bonds. The summed E-state index contributed by atoms with van der Waals surface area (Å²) in [5, 5.41) is 2.62. The number of rotatable bonds is 3. The summed E-state index contributed by atoms with van der Waals surface area (Å²) in [6.45, 7) is 3.52. The van der Waals surface area contributed by atoms with Crippen LogP contribution >= 0.6 is 0 Å². The third kappa shape index (κ3) is 2.20. The number of methoxy groups -OCH3 is 1. The Kier molecular flexibility index (Phi) is 2.59. The Morgan fingerprint density at radius 2 is 2.00 bits per heavy atom. The molecule has 1 unspecified atom stereocenters. The van der Waals surface area contributed by atoms with E-state index < -0.39 is 12.0 Å². The largest absolute Gasteiger partial charge is 0.467 e. The zero-order valence-corrected chi connectivity index (χ0v) is 8.22. The van der Waals surface area contributed by atoms with Crippen LogP contribution in [0.2, 0.25) is 0 Å². The molecule has 0 aromatic heterocycles. The van der Waals surface area contributed by atoms with E-state index >= 15 is 0 Å². The monoisotopic (exact) mass is 185 g/mol. The van der Waals surface area contributed by atoms with Crippen LogP contribution in [-0.2, 0) is 14.3 Å². The topological polar surface area (TPSA) is 55.4 Å². The molecule has 1 saturated carbocycles. The number of hydrogen-bond acceptors (Lipinski definition) is 3. The maximum absolute atomic E-state index is 11.4. The maximum atomic E-state index is 11.4. The van der Waals surface area contributed by atoms with Crippen molar-refractivity contribution in [3.63, 3.8) is 0 Å². The standard InChI is InChI=1S/C9H15NO3/c1-6(7(11)13-3)10-8(12)9(2)4-5-9/h6H,4-5H2,1-3H3,(H,10,12). The van der Waals surface area contributed by atoms with Gasteiger partial charge in [-0.1, -0.05) is 6.92 Å². The van der Waals surface area contributed by atoms with Crippen molar-refractivity contribution < 1.29 is 14.3 Å². The Balaban J connectivity index is 2.40. The van der Waals surface area contributed by atoms with Gasteiger partial charge in [0, 0.05) is 5.41 Å². The molecular formula is C9H15NO3. The highest BCUT2D eigenvalue weighted by molar-refractivity contribution is 5.89. The summed E-state index contributed by atoms with van der Waals surface area (Å²) in [5.74, 6) is -0.456. The molecule has 13 heavy (non-hydrogen) atoms. The van der Waals surface area contributed by atoms with Crippen LogP contribution in [-0.4, -0.2) is 25.0 Å². The van der Waals surface area contributed by atoms with Gasteiger partial charge in [0.2, 0.25) is 5.91 Å². The smallest absolute Gasteiger partial charge is 0.328 e. The molecule has 1 N–H and O–H groups in total. The third-order valence-electron chi connectivity index (χ3n) is 2.45. The van der Waals surface area contributed by atoms with E-state index in [4.69, 9.17) is 0 Å². The average Bonchev–Trinajstić information content (AvgIpc) is 2.83. The second-order valence-electron chi connectivity index (χ2n) is 3.78. The summed E-state index contributed by atoms with van der Waals surface area (Å²) < 4.78 is 4.49. The van der Waals surface area contributed by atoms with Gasteiger partial charge < -0.3 is 10.1 Å². The minimum Gasteiger partial charge on any atom is -0.467 e. The predicted molar refractivity (Wildman–Crippen MR) is 47.0 cm³/mol. The van der Waals surface area contributed by atoms with Crippen molar-refractivity contribution in [1.82, 2.24) is 5.32 Å². The minimum atomic E-state index is -0.546. The van der Waals surface area contributed by atoms with E-state index in [1.54, 1.807) is 6.92 Å². The van der Waals surface area contributed by atoms with Gasteiger partial charge in [-0.2, -0.15) is 0 Å². The van der Waals surface area contributed by atoms with E-state index in [9.17, 15) is 9.59 Å². The van der Waals surface area contributed by atoms with Crippen LogP contribution in [0.1, 0.15) is 26.7 Å². The molecule has 4 nitrogen and oxygen atoms in total. The Hall–Kier alpha value is -1.06. The van der Waals surface area contributed by atoms with E-state index in [0.717, 1.165) is 12.8 Å². The summed E-state index contributed by atoms with van der Waals surface area (Å²) >= 11 is 0. The van der Waals surface area contributed by atoms with Gasteiger partial charge in [-0.05, 0) is 19.8 Å². The fourth-order valence-electron chi connectivity index (χ4n) is 1.02. The van der Waals surface area contributed by atoms with Crippen LogP contribution in [0.25, 0.3) is 0 Å². The number of carbonyl (C=O) groups excluding carboxylic acids is 2. The summed E-state index contributed by atoms with van der Waals surface area (Å²) in [6, 6.07) is -0.546. The quantitative estimate of drug-likeness (QED) is 0.650. The molecule has 1 rings (SSSR count). The molecule has 0 spiro atoms. The first-order valence-electron chi connectivity index (χ1n) is 4.38. The van der Waals surface area contributed by atoms with Crippen LogP contribution in [0.4, 0.5) is 0 Å². The number of amides is 1. The zero-order chi connectivity index (χ0) is 10.1. The number of esters is 1. The second kappa shape index (κ2) is 3.36. The summed E-state index contributed by atoms with van der Waals surface area (Å²) in [7, 11) is 1.31. The van der Waals surface area contributed by atoms with Gasteiger partial charge in [-0.15, -0.1) is 0 Å². The first kappa shape index (κ1) is 10.0. The van der Waals surface area contributed by atoms with Crippen molar-refractivity contribution >= 4 is 11.9 Å². The van der Waals surface area contributed by atoms with E-state index in [2.05, 4.69) is 10.1 Å². The summed E-state index contributed by atoms with van der Waals surface area (Å²) in [5.41, 5.74) is -0.234. The molecule has 0 aromatic rings. The SMILES string of the molecule is COC(=O)C(C)NC(=O)C1(C)CC1. The molecule has 1 aliphatic carbocycles. The summed E-state index contributed by atoms with van der Waals surface area (Å²) in [4.78, 5) is 22.4. The van der Waals surface area contributed by atoms with E-state index in [1.165, 1.54) is 7.11 Å². The molecule has 1 aliphatic rings. The van der Waals surface area contributed by atoms with Crippen molar-refractivity contribution in [2.75, 3.05) is 7.11 Å². The fourth-order valence-corrected chi connectivity index (χ4v) is 1.02. The first-order chi connectivity index (χ1) is 5.99. The van der Waals surface area contributed by atoms with Crippen molar-refractivity contribution in [3.05, 3.63) is 0 Å². The molecule has 0 bridgehead atoms.